The monoisotopic (exact) mass is 334 g/mol. The maximum Gasteiger partial charge on any atom is 0.234 e. The summed E-state index contributed by atoms with van der Waals surface area (Å²) >= 11 is 6.44. The molecule has 124 valence electrons. The lowest BCUT2D eigenvalue weighted by molar-refractivity contribution is -0.135. The summed E-state index contributed by atoms with van der Waals surface area (Å²) in [4.78, 5) is 23.2. The van der Waals surface area contributed by atoms with Gasteiger partial charge in [0.15, 0.2) is 0 Å². The Balaban J connectivity index is 2.15. The van der Waals surface area contributed by atoms with Crippen LogP contribution in [-0.2, 0) is 9.59 Å². The Morgan fingerprint density at radius 2 is 2.09 bits per heavy atom. The molecule has 2 N–H and O–H groups in total. The van der Waals surface area contributed by atoms with Gasteiger partial charge in [0.05, 0.1) is 5.92 Å². The molecule has 0 aromatic carbocycles. The van der Waals surface area contributed by atoms with E-state index in [4.69, 9.17) is 11.6 Å². The van der Waals surface area contributed by atoms with Crippen LogP contribution >= 0.6 is 11.6 Å². The zero-order valence-corrected chi connectivity index (χ0v) is 14.4. The van der Waals surface area contributed by atoms with Crippen molar-refractivity contribution in [3.8, 4) is 0 Å². The molecule has 0 saturated carbocycles. The number of halogens is 1. The van der Waals surface area contributed by atoms with Crippen LogP contribution in [0.25, 0.3) is 0 Å². The van der Waals surface area contributed by atoms with Crippen molar-refractivity contribution in [1.29, 1.82) is 0 Å². The van der Waals surface area contributed by atoms with Crippen molar-refractivity contribution in [2.75, 3.05) is 13.1 Å². The first-order valence-electron chi connectivity index (χ1n) is 7.87. The Labute approximate surface area is 142 Å². The van der Waals surface area contributed by atoms with Crippen LogP contribution in [0.3, 0.4) is 0 Å². The quantitative estimate of drug-likeness (QED) is 0.614. The average molecular weight is 335 g/mol. The number of hydrogen-bond acceptors (Lipinski definition) is 3. The minimum absolute atomic E-state index is 0.232. The summed E-state index contributed by atoms with van der Waals surface area (Å²) in [5, 5.41) is 6.14. The molecule has 0 spiro atoms. The van der Waals surface area contributed by atoms with E-state index in [1.807, 2.05) is 13.0 Å². The second-order valence-electron chi connectivity index (χ2n) is 6.04. The molecule has 1 saturated heterocycles. The van der Waals surface area contributed by atoms with Gasteiger partial charge in [0.25, 0.3) is 0 Å². The normalized spacial score (nSPS) is 23.9. The summed E-state index contributed by atoms with van der Waals surface area (Å²) in [5.41, 5.74) is 3.97. The largest absolute Gasteiger partial charge is 0.313 e. The summed E-state index contributed by atoms with van der Waals surface area (Å²) in [6.45, 7) is 9.84. The number of allylic oxidation sites excluding steroid dienone is 4. The number of carbonyl (C=O) groups is 2. The fraction of sp³-hybridized carbons (Fsp3) is 0.444. The van der Waals surface area contributed by atoms with Crippen LogP contribution in [0.4, 0.5) is 0 Å². The second kappa shape index (κ2) is 7.75. The first kappa shape index (κ1) is 17.7. The fourth-order valence-corrected chi connectivity index (χ4v) is 3.08. The van der Waals surface area contributed by atoms with E-state index in [2.05, 4.69) is 30.2 Å². The Morgan fingerprint density at radius 3 is 2.70 bits per heavy atom. The Hall–Kier alpha value is -1.65. The molecule has 2 heterocycles. The highest BCUT2D eigenvalue weighted by atomic mass is 35.5. The van der Waals surface area contributed by atoms with E-state index in [1.54, 1.807) is 0 Å². The lowest BCUT2D eigenvalue weighted by Crippen LogP contribution is -2.41. The van der Waals surface area contributed by atoms with Crippen LogP contribution in [0.2, 0.25) is 0 Å². The van der Waals surface area contributed by atoms with Gasteiger partial charge < -0.3 is 5.32 Å². The third-order valence-electron chi connectivity index (χ3n) is 4.29. The average Bonchev–Trinajstić information content (AvgIpc) is 2.54. The van der Waals surface area contributed by atoms with Crippen molar-refractivity contribution in [2.45, 2.75) is 33.1 Å². The number of amides is 2. The summed E-state index contributed by atoms with van der Waals surface area (Å²) in [5.74, 6) is -0.967. The van der Waals surface area contributed by atoms with E-state index in [0.717, 1.165) is 25.1 Å². The molecule has 2 rings (SSSR count). The standard InChI is InChI=1S/C18H23ClN2O2/c1-11(14-6-8-20-9-7-14)10-12(2)17(19)13(3)15-4-5-16(22)21-18(15)23/h6,10,15,20H,3-5,7-9H2,1-2H3,(H,21,22,23)/b11-10+,17-12-. The van der Waals surface area contributed by atoms with Gasteiger partial charge in [-0.15, -0.1) is 0 Å². The number of piperidine rings is 1. The highest BCUT2D eigenvalue weighted by molar-refractivity contribution is 6.32. The Kier molecular flexibility index (Phi) is 5.97. The molecule has 1 fully saturated rings. The van der Waals surface area contributed by atoms with Gasteiger partial charge in [-0.25, -0.2) is 0 Å². The molecule has 1 atom stereocenters. The first-order chi connectivity index (χ1) is 10.9. The Bertz CT molecular complexity index is 629. The summed E-state index contributed by atoms with van der Waals surface area (Å²) < 4.78 is 0. The number of imide groups is 1. The van der Waals surface area contributed by atoms with E-state index >= 15 is 0 Å². The first-order valence-corrected chi connectivity index (χ1v) is 8.25. The molecule has 2 amide bonds. The Morgan fingerprint density at radius 1 is 1.35 bits per heavy atom. The van der Waals surface area contributed by atoms with E-state index in [-0.39, 0.29) is 11.8 Å². The molecule has 2 aliphatic heterocycles. The minimum atomic E-state index is -0.429. The molecule has 5 heteroatoms. The van der Waals surface area contributed by atoms with Gasteiger partial charge in [0, 0.05) is 18.0 Å². The van der Waals surface area contributed by atoms with Crippen molar-refractivity contribution < 1.29 is 9.59 Å². The maximum absolute atomic E-state index is 11.9. The molecule has 0 aromatic heterocycles. The summed E-state index contributed by atoms with van der Waals surface area (Å²) in [6, 6.07) is 0. The number of rotatable bonds is 4. The SMILES string of the molecule is C=C(/C(Cl)=C(C)/C=C(\C)C1=CCNCC1)C1CCC(=O)NC1=O. The van der Waals surface area contributed by atoms with Gasteiger partial charge in [-0.05, 0) is 55.5 Å². The molecule has 1 unspecified atom stereocenters. The smallest absolute Gasteiger partial charge is 0.234 e. The van der Waals surface area contributed by atoms with E-state index in [1.165, 1.54) is 11.1 Å². The van der Waals surface area contributed by atoms with Gasteiger partial charge in [0.2, 0.25) is 11.8 Å². The van der Waals surface area contributed by atoms with Crippen molar-refractivity contribution in [3.05, 3.63) is 46.1 Å². The maximum atomic E-state index is 11.9. The van der Waals surface area contributed by atoms with Crippen molar-refractivity contribution in [1.82, 2.24) is 10.6 Å². The predicted octanol–water partition coefficient (Wildman–Crippen LogP) is 2.97. The molecule has 0 aromatic rings. The van der Waals surface area contributed by atoms with Gasteiger partial charge in [-0.3, -0.25) is 14.9 Å². The molecule has 0 radical (unpaired) electrons. The number of nitrogens with one attached hydrogen (secondary N) is 2. The van der Waals surface area contributed by atoms with Gasteiger partial charge >= 0.3 is 0 Å². The minimum Gasteiger partial charge on any atom is -0.313 e. The molecule has 4 nitrogen and oxygen atoms in total. The molecular formula is C18H23ClN2O2. The van der Waals surface area contributed by atoms with Gasteiger partial charge in [-0.2, -0.15) is 0 Å². The predicted molar refractivity (Wildman–Crippen MR) is 92.9 cm³/mol. The summed E-state index contributed by atoms with van der Waals surface area (Å²) in [7, 11) is 0. The van der Waals surface area contributed by atoms with Crippen LogP contribution in [-0.4, -0.2) is 24.9 Å². The lowest BCUT2D eigenvalue weighted by Gasteiger charge is -2.23. The van der Waals surface area contributed by atoms with Crippen molar-refractivity contribution in [3.63, 3.8) is 0 Å². The zero-order chi connectivity index (χ0) is 17.0. The van der Waals surface area contributed by atoms with Gasteiger partial charge in [-0.1, -0.05) is 30.3 Å². The highest BCUT2D eigenvalue weighted by Crippen LogP contribution is 2.31. The molecular weight excluding hydrogens is 312 g/mol. The third-order valence-corrected chi connectivity index (χ3v) is 4.83. The van der Waals surface area contributed by atoms with Crippen molar-refractivity contribution in [2.24, 2.45) is 5.92 Å². The van der Waals surface area contributed by atoms with Crippen LogP contribution in [0.1, 0.15) is 33.1 Å². The highest BCUT2D eigenvalue weighted by Gasteiger charge is 2.30. The lowest BCUT2D eigenvalue weighted by atomic mass is 9.89. The van der Waals surface area contributed by atoms with E-state index in [9.17, 15) is 9.59 Å². The van der Waals surface area contributed by atoms with Gasteiger partial charge in [0.1, 0.15) is 0 Å². The molecule has 0 aliphatic carbocycles. The van der Waals surface area contributed by atoms with Crippen LogP contribution in [0.15, 0.2) is 46.1 Å². The van der Waals surface area contributed by atoms with E-state index < -0.39 is 5.92 Å². The topological polar surface area (TPSA) is 58.2 Å². The van der Waals surface area contributed by atoms with Crippen LogP contribution in [0.5, 0.6) is 0 Å². The third kappa shape index (κ3) is 4.43. The van der Waals surface area contributed by atoms with Crippen molar-refractivity contribution >= 4 is 23.4 Å². The van der Waals surface area contributed by atoms with E-state index in [0.29, 0.717) is 23.4 Å². The molecule has 23 heavy (non-hydrogen) atoms. The number of carbonyl (C=O) groups excluding carboxylic acids is 2. The molecule has 2 aliphatic rings. The number of hydrogen-bond donors (Lipinski definition) is 2. The zero-order valence-electron chi connectivity index (χ0n) is 13.7. The van der Waals surface area contributed by atoms with Crippen LogP contribution < -0.4 is 10.6 Å². The second-order valence-corrected chi connectivity index (χ2v) is 6.41. The van der Waals surface area contributed by atoms with Crippen LogP contribution in [0, 0.1) is 5.92 Å². The molecule has 0 bridgehead atoms. The summed E-state index contributed by atoms with van der Waals surface area (Å²) in [6.07, 6.45) is 6.02. The fourth-order valence-electron chi connectivity index (χ4n) is 2.89.